The van der Waals surface area contributed by atoms with Gasteiger partial charge in [0.2, 0.25) is 5.95 Å². The van der Waals surface area contributed by atoms with Crippen LogP contribution in [0.25, 0.3) is 0 Å². The number of anilines is 2. The highest BCUT2D eigenvalue weighted by atomic mass is 16.3. The molecule has 1 unspecified atom stereocenters. The van der Waals surface area contributed by atoms with Gasteiger partial charge in [0.05, 0.1) is 0 Å². The third kappa shape index (κ3) is 3.71. The van der Waals surface area contributed by atoms with Crippen LogP contribution in [0, 0.1) is 5.92 Å². The predicted molar refractivity (Wildman–Crippen MR) is 61.1 cm³/mol. The van der Waals surface area contributed by atoms with Crippen molar-refractivity contribution in [2.45, 2.75) is 6.92 Å². The summed E-state index contributed by atoms with van der Waals surface area (Å²) in [5, 5.41) is 12.0. The minimum absolute atomic E-state index is 0.179. The second kappa shape index (κ2) is 5.50. The number of aliphatic hydroxyl groups is 1. The van der Waals surface area contributed by atoms with Gasteiger partial charge in [-0.15, -0.1) is 0 Å². The molecule has 5 nitrogen and oxygen atoms in total. The van der Waals surface area contributed by atoms with Gasteiger partial charge in [-0.25, -0.2) is 4.98 Å². The molecule has 0 aromatic carbocycles. The maximum atomic E-state index is 8.87. The molecule has 15 heavy (non-hydrogen) atoms. The van der Waals surface area contributed by atoms with Gasteiger partial charge in [0, 0.05) is 33.4 Å². The average molecular weight is 210 g/mol. The first-order chi connectivity index (χ1) is 7.13. The van der Waals surface area contributed by atoms with Gasteiger partial charge in [0.25, 0.3) is 0 Å². The fourth-order valence-corrected chi connectivity index (χ4v) is 1.01. The highest BCUT2D eigenvalue weighted by Crippen LogP contribution is 2.08. The Bertz CT molecular complexity index is 303. The van der Waals surface area contributed by atoms with Gasteiger partial charge in [-0.2, -0.15) is 4.98 Å². The standard InChI is InChI=1S/C10H18N4O/c1-8(7-15)6-12-9-4-5-11-10(13-9)14(2)3/h4-5,8,15H,6-7H2,1-3H3,(H,11,12,13). The van der Waals surface area contributed by atoms with Crippen molar-refractivity contribution in [2.24, 2.45) is 5.92 Å². The molecule has 2 N–H and O–H groups in total. The molecule has 1 aromatic heterocycles. The number of hydrogen-bond donors (Lipinski definition) is 2. The molecule has 1 aromatic rings. The quantitative estimate of drug-likeness (QED) is 0.744. The average Bonchev–Trinajstić information content (AvgIpc) is 2.26. The van der Waals surface area contributed by atoms with Gasteiger partial charge in [-0.3, -0.25) is 0 Å². The molecule has 0 amide bonds. The number of nitrogens with one attached hydrogen (secondary N) is 1. The lowest BCUT2D eigenvalue weighted by molar-refractivity contribution is 0.244. The first-order valence-corrected chi connectivity index (χ1v) is 4.98. The lowest BCUT2D eigenvalue weighted by Gasteiger charge is -2.13. The fourth-order valence-electron chi connectivity index (χ4n) is 1.01. The van der Waals surface area contributed by atoms with Gasteiger partial charge < -0.3 is 15.3 Å². The number of aromatic nitrogens is 2. The van der Waals surface area contributed by atoms with Gasteiger partial charge in [-0.1, -0.05) is 6.92 Å². The molecule has 0 saturated heterocycles. The minimum atomic E-state index is 0.179. The summed E-state index contributed by atoms with van der Waals surface area (Å²) in [5.41, 5.74) is 0. The molecule has 0 fully saturated rings. The van der Waals surface area contributed by atoms with Crippen LogP contribution in [0.1, 0.15) is 6.92 Å². The van der Waals surface area contributed by atoms with E-state index in [0.29, 0.717) is 12.5 Å². The zero-order valence-corrected chi connectivity index (χ0v) is 9.44. The van der Waals surface area contributed by atoms with Crippen LogP contribution < -0.4 is 10.2 Å². The topological polar surface area (TPSA) is 61.3 Å². The zero-order valence-electron chi connectivity index (χ0n) is 9.44. The summed E-state index contributed by atoms with van der Waals surface area (Å²) in [5.74, 6) is 1.69. The van der Waals surface area contributed by atoms with E-state index in [1.165, 1.54) is 0 Å². The van der Waals surface area contributed by atoms with Gasteiger partial charge in [-0.05, 0) is 12.0 Å². The van der Waals surface area contributed by atoms with E-state index in [9.17, 15) is 0 Å². The van der Waals surface area contributed by atoms with Crippen molar-refractivity contribution in [2.75, 3.05) is 37.5 Å². The molecule has 5 heteroatoms. The summed E-state index contributed by atoms with van der Waals surface area (Å²) in [6.07, 6.45) is 1.72. The van der Waals surface area contributed by atoms with E-state index < -0.39 is 0 Å². The minimum Gasteiger partial charge on any atom is -0.396 e. The molecular formula is C10H18N4O. The Morgan fingerprint density at radius 3 is 2.87 bits per heavy atom. The van der Waals surface area contributed by atoms with Crippen LogP contribution in [0.3, 0.4) is 0 Å². The highest BCUT2D eigenvalue weighted by molar-refractivity contribution is 5.40. The lowest BCUT2D eigenvalue weighted by Crippen LogP contribution is -2.17. The smallest absolute Gasteiger partial charge is 0.226 e. The molecule has 0 bridgehead atoms. The number of rotatable bonds is 5. The Labute approximate surface area is 90.2 Å². The molecule has 0 aliphatic carbocycles. The Kier molecular flexibility index (Phi) is 4.30. The maximum Gasteiger partial charge on any atom is 0.226 e. The molecule has 0 saturated carbocycles. The van der Waals surface area contributed by atoms with E-state index in [4.69, 9.17) is 5.11 Å². The zero-order chi connectivity index (χ0) is 11.3. The number of hydrogen-bond acceptors (Lipinski definition) is 5. The van der Waals surface area contributed by atoms with Crippen molar-refractivity contribution in [1.29, 1.82) is 0 Å². The van der Waals surface area contributed by atoms with E-state index in [-0.39, 0.29) is 12.5 Å². The third-order valence-electron chi connectivity index (χ3n) is 1.99. The number of aliphatic hydroxyl groups excluding tert-OH is 1. The molecular weight excluding hydrogens is 192 g/mol. The summed E-state index contributed by atoms with van der Waals surface area (Å²) in [4.78, 5) is 10.3. The van der Waals surface area contributed by atoms with Crippen LogP contribution in [0.4, 0.5) is 11.8 Å². The van der Waals surface area contributed by atoms with E-state index in [1.807, 2.05) is 32.0 Å². The normalized spacial score (nSPS) is 12.3. The number of nitrogens with zero attached hydrogens (tertiary/aromatic N) is 3. The monoisotopic (exact) mass is 210 g/mol. The van der Waals surface area contributed by atoms with E-state index in [2.05, 4.69) is 15.3 Å². The van der Waals surface area contributed by atoms with Crippen molar-refractivity contribution >= 4 is 11.8 Å². The Morgan fingerprint density at radius 2 is 2.27 bits per heavy atom. The molecule has 84 valence electrons. The van der Waals surface area contributed by atoms with Crippen LogP contribution in [-0.2, 0) is 0 Å². The van der Waals surface area contributed by atoms with Crippen LogP contribution in [0.15, 0.2) is 12.3 Å². The molecule has 0 aliphatic rings. The van der Waals surface area contributed by atoms with E-state index in [0.717, 1.165) is 5.82 Å². The van der Waals surface area contributed by atoms with Gasteiger partial charge >= 0.3 is 0 Å². The fraction of sp³-hybridized carbons (Fsp3) is 0.600. The van der Waals surface area contributed by atoms with Crippen molar-refractivity contribution in [3.05, 3.63) is 12.3 Å². The molecule has 1 atom stereocenters. The highest BCUT2D eigenvalue weighted by Gasteiger charge is 2.02. The maximum absolute atomic E-state index is 8.87. The summed E-state index contributed by atoms with van der Waals surface area (Å²) >= 11 is 0. The molecule has 0 radical (unpaired) electrons. The predicted octanol–water partition coefficient (Wildman–Crippen LogP) is 0.583. The molecule has 1 rings (SSSR count). The Balaban J connectivity index is 2.58. The summed E-state index contributed by atoms with van der Waals surface area (Å²) in [6.45, 7) is 2.86. The molecule has 0 spiro atoms. The van der Waals surface area contributed by atoms with E-state index >= 15 is 0 Å². The Morgan fingerprint density at radius 1 is 1.53 bits per heavy atom. The largest absolute Gasteiger partial charge is 0.396 e. The lowest BCUT2D eigenvalue weighted by atomic mass is 10.2. The molecule has 1 heterocycles. The van der Waals surface area contributed by atoms with Crippen molar-refractivity contribution in [3.63, 3.8) is 0 Å². The first kappa shape index (κ1) is 11.7. The second-order valence-corrected chi connectivity index (χ2v) is 3.80. The van der Waals surface area contributed by atoms with Gasteiger partial charge in [0.1, 0.15) is 5.82 Å². The van der Waals surface area contributed by atoms with Crippen LogP contribution in [-0.4, -0.2) is 42.3 Å². The van der Waals surface area contributed by atoms with Crippen molar-refractivity contribution < 1.29 is 5.11 Å². The van der Waals surface area contributed by atoms with Crippen LogP contribution >= 0.6 is 0 Å². The summed E-state index contributed by atoms with van der Waals surface area (Å²) < 4.78 is 0. The van der Waals surface area contributed by atoms with Crippen molar-refractivity contribution in [3.8, 4) is 0 Å². The van der Waals surface area contributed by atoms with Crippen LogP contribution in [0.2, 0.25) is 0 Å². The molecule has 0 aliphatic heterocycles. The van der Waals surface area contributed by atoms with Gasteiger partial charge in [0.15, 0.2) is 0 Å². The third-order valence-corrected chi connectivity index (χ3v) is 1.99. The van der Waals surface area contributed by atoms with Crippen LogP contribution in [0.5, 0.6) is 0 Å². The Hall–Kier alpha value is -1.36. The summed E-state index contributed by atoms with van der Waals surface area (Å²) in [7, 11) is 3.80. The summed E-state index contributed by atoms with van der Waals surface area (Å²) in [6, 6.07) is 1.82. The van der Waals surface area contributed by atoms with E-state index in [1.54, 1.807) is 6.20 Å². The SMILES string of the molecule is CC(CO)CNc1ccnc(N(C)C)n1. The second-order valence-electron chi connectivity index (χ2n) is 3.80. The first-order valence-electron chi connectivity index (χ1n) is 4.98. The van der Waals surface area contributed by atoms with Crippen molar-refractivity contribution in [1.82, 2.24) is 9.97 Å².